The van der Waals surface area contributed by atoms with Crippen molar-refractivity contribution < 1.29 is 28.7 Å². The maximum absolute atomic E-state index is 13.7. The molecule has 20 nitrogen and oxygen atoms in total. The molecule has 0 saturated heterocycles. The summed E-state index contributed by atoms with van der Waals surface area (Å²) in [5.74, 6) is -3.00. The largest absolute Gasteiger partial charge is 0.491 e. The molecule has 57 heavy (non-hydrogen) atoms. The minimum atomic E-state index is -1.25. The second-order valence-electron chi connectivity index (χ2n) is 13.4. The molecule has 0 saturated carbocycles. The fourth-order valence-corrected chi connectivity index (χ4v) is 5.87. The molecule has 0 unspecified atom stereocenters. The van der Waals surface area contributed by atoms with Crippen molar-refractivity contribution in [2.75, 3.05) is 44.3 Å². The topological polar surface area (TPSA) is 328 Å². The van der Waals surface area contributed by atoms with Crippen molar-refractivity contribution in [2.45, 2.75) is 37.4 Å². The van der Waals surface area contributed by atoms with E-state index in [1.807, 2.05) is 0 Å². The van der Waals surface area contributed by atoms with Crippen LogP contribution in [0.4, 0.5) is 11.4 Å². The summed E-state index contributed by atoms with van der Waals surface area (Å²) in [6.45, 7) is -0.546. The Balaban J connectivity index is 1.33. The van der Waals surface area contributed by atoms with Crippen molar-refractivity contribution in [3.05, 3.63) is 98.1 Å². The molecular weight excluding hydrogens is 740 g/mol. The normalized spacial score (nSPS) is 17.4. The molecule has 1 aliphatic rings. The van der Waals surface area contributed by atoms with Crippen LogP contribution in [-0.2, 0) is 20.8 Å². The Labute approximate surface area is 324 Å². The van der Waals surface area contributed by atoms with Gasteiger partial charge in [-0.25, -0.2) is 0 Å². The van der Waals surface area contributed by atoms with Gasteiger partial charge in [0.05, 0.1) is 29.2 Å². The first-order chi connectivity index (χ1) is 27.2. The zero-order chi connectivity index (χ0) is 41.2. The second-order valence-corrected chi connectivity index (χ2v) is 13.4. The molecule has 0 fully saturated rings. The molecule has 0 bridgehead atoms. The van der Waals surface area contributed by atoms with Gasteiger partial charge in [-0.15, -0.1) is 0 Å². The highest BCUT2D eigenvalue weighted by Crippen LogP contribution is 2.24. The minimum Gasteiger partial charge on any atom is -0.491 e. The number of nitrogens with one attached hydrogen (secondary N) is 6. The van der Waals surface area contributed by atoms with E-state index in [4.69, 9.17) is 27.7 Å². The second kappa shape index (κ2) is 18.4. The highest BCUT2D eigenvalue weighted by molar-refractivity contribution is 6.02. The van der Waals surface area contributed by atoms with E-state index in [0.717, 1.165) is 10.5 Å². The first kappa shape index (κ1) is 41.0. The molecular formula is C37H44N12O8. The lowest BCUT2D eigenvalue weighted by Crippen LogP contribution is -2.56. The summed E-state index contributed by atoms with van der Waals surface area (Å²) in [5.41, 5.74) is 23.3. The Kier molecular flexibility index (Phi) is 13.2. The maximum atomic E-state index is 13.7. The number of carbonyl (C=O) groups is 5. The van der Waals surface area contributed by atoms with Crippen LogP contribution < -0.4 is 60.1 Å². The number of hydrogen-bond donors (Lipinski definition) is 10. The molecule has 5 rings (SSSR count). The molecule has 3 atom stereocenters. The smallest absolute Gasteiger partial charge is 0.314 e. The number of likely N-dealkylation sites (N-methyl/N-ethyl adjacent to an activating group) is 1. The molecule has 300 valence electrons. The molecule has 1 aliphatic heterocycles. The minimum absolute atomic E-state index is 0.0168. The molecule has 0 spiro atoms. The van der Waals surface area contributed by atoms with Gasteiger partial charge < -0.3 is 63.8 Å². The number of ether oxygens (including phenoxy) is 1. The van der Waals surface area contributed by atoms with Crippen LogP contribution in [0.3, 0.4) is 0 Å². The van der Waals surface area contributed by atoms with Gasteiger partial charge in [0.15, 0.2) is 5.96 Å². The third-order valence-corrected chi connectivity index (χ3v) is 8.87. The molecule has 14 N–H and O–H groups in total. The van der Waals surface area contributed by atoms with Gasteiger partial charge in [-0.3, -0.25) is 38.6 Å². The molecule has 3 aromatic carbocycles. The van der Waals surface area contributed by atoms with Crippen molar-refractivity contribution in [3.63, 3.8) is 0 Å². The number of benzene rings is 3. The Morgan fingerprint density at radius 1 is 0.912 bits per heavy atom. The Morgan fingerprint density at radius 2 is 1.63 bits per heavy atom. The van der Waals surface area contributed by atoms with Gasteiger partial charge in [0.25, 0.3) is 11.8 Å². The molecule has 1 aromatic heterocycles. The van der Waals surface area contributed by atoms with Crippen LogP contribution in [0.1, 0.15) is 39.1 Å². The van der Waals surface area contributed by atoms with Crippen LogP contribution in [0.5, 0.6) is 5.75 Å². The Bertz CT molecular complexity index is 2300. The number of fused-ring (bicyclic) bond motifs is 2. The number of anilines is 2. The van der Waals surface area contributed by atoms with Crippen LogP contribution in [0, 0.1) is 0 Å². The van der Waals surface area contributed by atoms with Crippen LogP contribution in [-0.4, -0.2) is 102 Å². The van der Waals surface area contributed by atoms with Crippen LogP contribution in [0.25, 0.3) is 11.0 Å². The van der Waals surface area contributed by atoms with Gasteiger partial charge in [0, 0.05) is 43.5 Å². The predicted molar refractivity (Wildman–Crippen MR) is 211 cm³/mol. The Morgan fingerprint density at radius 3 is 2.35 bits per heavy atom. The SMILES string of the molecule is CN(CC(=O)Nc1ccc2c(c1)C(=O)NC[C@@H](N)C(=O)N[C@@H](Cc1ccc(N)cc1)C(=O)N[C@@H](CCCN=C(N)N)CO2)C(=O)c1ccc2[nH]c(=O)c(=O)[nH]c2c1. The summed E-state index contributed by atoms with van der Waals surface area (Å²) in [6, 6.07) is 12.5. The number of aliphatic imine (C=N–C) groups is 1. The van der Waals surface area contributed by atoms with E-state index >= 15 is 0 Å². The van der Waals surface area contributed by atoms with Gasteiger partial charge in [0.2, 0.25) is 17.7 Å². The van der Waals surface area contributed by atoms with Crippen molar-refractivity contribution in [2.24, 2.45) is 22.2 Å². The number of rotatable bonds is 10. The van der Waals surface area contributed by atoms with Crippen LogP contribution in [0.2, 0.25) is 0 Å². The zero-order valence-corrected chi connectivity index (χ0v) is 30.9. The van der Waals surface area contributed by atoms with E-state index in [1.54, 1.807) is 24.3 Å². The van der Waals surface area contributed by atoms with E-state index in [0.29, 0.717) is 24.0 Å². The third kappa shape index (κ3) is 11.2. The zero-order valence-electron chi connectivity index (χ0n) is 30.9. The fraction of sp³-hybridized carbons (Fsp3) is 0.297. The highest BCUT2D eigenvalue weighted by atomic mass is 16.5. The number of nitrogens with two attached hydrogens (primary N) is 4. The number of hydrogen-bond acceptors (Lipinski definition) is 11. The van der Waals surface area contributed by atoms with E-state index in [-0.39, 0.29) is 60.2 Å². The molecule has 20 heteroatoms. The summed E-state index contributed by atoms with van der Waals surface area (Å²) < 4.78 is 6.11. The van der Waals surface area contributed by atoms with Crippen LogP contribution >= 0.6 is 0 Å². The van der Waals surface area contributed by atoms with Crippen molar-refractivity contribution >= 4 is 57.9 Å². The standard InChI is InChI=1S/C37H44N12O8/c1-49(36(56)20-6-10-26-27(14-20)47-35(55)34(54)46-26)17-30(50)44-22-9-11-29-24(15-22)31(51)43-16-25(39)32(52)48-28(13-19-4-7-21(38)8-5-19)33(53)45-23(18-57-29)3-2-12-42-37(40)41/h4-11,14-15,23,25,28H,2-3,12-13,16-18,38-39H2,1H3,(H,43,51)(H,44,50)(H,45,53)(H,46,54)(H,47,55)(H,48,52)(H4,40,41,42)/t23-,25+,28-/m0/s1. The lowest BCUT2D eigenvalue weighted by atomic mass is 10.0. The number of aromatic amines is 2. The first-order valence-corrected chi connectivity index (χ1v) is 17.8. The number of aromatic nitrogens is 2. The van der Waals surface area contributed by atoms with Gasteiger partial charge in [-0.1, -0.05) is 12.1 Å². The maximum Gasteiger partial charge on any atom is 0.314 e. The molecule has 0 aliphatic carbocycles. The molecule has 5 amide bonds. The number of nitrogens with zero attached hydrogens (tertiary/aromatic N) is 2. The van der Waals surface area contributed by atoms with Crippen molar-refractivity contribution in [3.8, 4) is 5.75 Å². The number of amides is 5. The highest BCUT2D eigenvalue weighted by Gasteiger charge is 2.28. The molecule has 0 radical (unpaired) electrons. The first-order valence-electron chi connectivity index (χ1n) is 17.8. The number of nitrogen functional groups attached to an aromatic ring is 1. The fourth-order valence-electron chi connectivity index (χ4n) is 5.87. The summed E-state index contributed by atoms with van der Waals surface area (Å²) in [6.07, 6.45) is 0.917. The number of carbonyl (C=O) groups excluding carboxylic acids is 5. The average Bonchev–Trinajstić information content (AvgIpc) is 3.17. The lowest BCUT2D eigenvalue weighted by Gasteiger charge is -2.26. The van der Waals surface area contributed by atoms with Crippen LogP contribution in [0.15, 0.2) is 75.2 Å². The number of guanidine groups is 1. The van der Waals surface area contributed by atoms with E-state index in [1.165, 1.54) is 43.4 Å². The number of H-pyrrole nitrogens is 2. The van der Waals surface area contributed by atoms with Gasteiger partial charge in [-0.2, -0.15) is 0 Å². The van der Waals surface area contributed by atoms with E-state index in [2.05, 4.69) is 36.2 Å². The Hall–Kier alpha value is -7.22. The van der Waals surface area contributed by atoms with Gasteiger partial charge in [-0.05, 0) is 66.9 Å². The summed E-state index contributed by atoms with van der Waals surface area (Å²) in [4.78, 5) is 100. The summed E-state index contributed by atoms with van der Waals surface area (Å²) in [7, 11) is 1.40. The predicted octanol–water partition coefficient (Wildman–Crippen LogP) is -1.78. The van der Waals surface area contributed by atoms with Crippen molar-refractivity contribution in [1.82, 2.24) is 30.8 Å². The third-order valence-electron chi connectivity index (χ3n) is 8.87. The summed E-state index contributed by atoms with van der Waals surface area (Å²) >= 11 is 0. The molecule has 4 aromatic rings. The quantitative estimate of drug-likeness (QED) is 0.0281. The molecule has 2 heterocycles. The lowest BCUT2D eigenvalue weighted by molar-refractivity contribution is -0.130. The van der Waals surface area contributed by atoms with E-state index < -0.39 is 65.3 Å². The van der Waals surface area contributed by atoms with Gasteiger partial charge >= 0.3 is 11.1 Å². The average molecular weight is 785 g/mol. The van der Waals surface area contributed by atoms with Crippen molar-refractivity contribution in [1.29, 1.82) is 0 Å². The summed E-state index contributed by atoms with van der Waals surface area (Å²) in [5, 5.41) is 10.9. The van der Waals surface area contributed by atoms with Gasteiger partial charge in [0.1, 0.15) is 24.4 Å². The van der Waals surface area contributed by atoms with E-state index in [9.17, 15) is 33.6 Å². The monoisotopic (exact) mass is 784 g/mol.